The molecule has 0 aliphatic rings. The molecule has 0 saturated heterocycles. The van der Waals surface area contributed by atoms with Crippen LogP contribution in [-0.4, -0.2) is 49.6 Å². The highest BCUT2D eigenvalue weighted by molar-refractivity contribution is 7.95. The molecule has 0 aliphatic heterocycles. The molecule has 0 unspecified atom stereocenters. The van der Waals surface area contributed by atoms with E-state index in [9.17, 15) is 115 Å². The number of rotatable bonds is 43. The molecule has 0 heterocycles. The maximum Gasteiger partial charge on any atom is 0.416 e. The Morgan fingerprint density at radius 1 is 0.288 bits per heavy atom. The molecule has 0 saturated carbocycles. The minimum Gasteiger partial charge on any atom is -0.462 e. The maximum absolute atomic E-state index is 14.2. The summed E-state index contributed by atoms with van der Waals surface area (Å²) >= 11 is 0. The molecule has 0 bridgehead atoms. The molecule has 5 aromatic rings. The summed E-state index contributed by atoms with van der Waals surface area (Å²) in [7, 11) is -0.00981. The molecule has 0 amide bonds. The van der Waals surface area contributed by atoms with Crippen LogP contribution in [0, 0.1) is 0 Å². The van der Waals surface area contributed by atoms with Gasteiger partial charge in [0, 0.05) is 5.57 Å². The highest BCUT2D eigenvalue weighted by Gasteiger charge is 2.48. The van der Waals surface area contributed by atoms with Crippen molar-refractivity contribution in [3.05, 3.63) is 159 Å². The van der Waals surface area contributed by atoms with Gasteiger partial charge in [-0.1, -0.05) is 285 Å². The molecular formula is C81H99BF24O4S. The first-order valence-electron chi connectivity index (χ1n) is 37.8. The summed E-state index contributed by atoms with van der Waals surface area (Å²) < 4.78 is 352. The van der Waals surface area contributed by atoms with Crippen molar-refractivity contribution >= 4 is 56.4 Å². The van der Waals surface area contributed by atoms with Crippen molar-refractivity contribution in [1.29, 1.82) is 0 Å². The van der Waals surface area contributed by atoms with Gasteiger partial charge < -0.3 is 9.47 Å². The van der Waals surface area contributed by atoms with Crippen molar-refractivity contribution in [2.75, 3.05) is 31.5 Å². The van der Waals surface area contributed by atoms with Crippen molar-refractivity contribution in [2.24, 2.45) is 0 Å². The van der Waals surface area contributed by atoms with Gasteiger partial charge in [-0.15, -0.1) is 0 Å². The number of carbonyl (C=O) groups is 2. The third-order valence-electron chi connectivity index (χ3n) is 19.2. The molecule has 0 aromatic heterocycles. The molecule has 0 fully saturated rings. The van der Waals surface area contributed by atoms with Gasteiger partial charge in [0.15, 0.2) is 5.57 Å². The van der Waals surface area contributed by atoms with Crippen LogP contribution < -0.4 is 21.9 Å². The van der Waals surface area contributed by atoms with Crippen molar-refractivity contribution in [2.45, 2.75) is 269 Å². The average molecular weight is 1640 g/mol. The number of alkyl halides is 24. The summed E-state index contributed by atoms with van der Waals surface area (Å²) in [6.07, 6.45) is -8.79. The lowest BCUT2D eigenvalue weighted by Gasteiger charge is -2.46. The smallest absolute Gasteiger partial charge is 0.416 e. The zero-order valence-electron chi connectivity index (χ0n) is 62.8. The van der Waals surface area contributed by atoms with Gasteiger partial charge in [0.2, 0.25) is 0 Å². The Morgan fingerprint density at radius 3 is 0.658 bits per heavy atom. The van der Waals surface area contributed by atoms with E-state index in [0.29, 0.717) is 19.0 Å². The van der Waals surface area contributed by atoms with Gasteiger partial charge in [0.25, 0.3) is 0 Å². The van der Waals surface area contributed by atoms with Gasteiger partial charge in [-0.3, -0.25) is 0 Å². The van der Waals surface area contributed by atoms with Crippen molar-refractivity contribution < 1.29 is 124 Å². The van der Waals surface area contributed by atoms with E-state index >= 15 is 0 Å². The third kappa shape index (κ3) is 33.1. The van der Waals surface area contributed by atoms with Gasteiger partial charge in [0.05, 0.1) is 70.2 Å². The van der Waals surface area contributed by atoms with Crippen LogP contribution in [0.3, 0.4) is 0 Å². The van der Waals surface area contributed by atoms with E-state index in [-0.39, 0.29) is 16.5 Å². The lowest BCUT2D eigenvalue weighted by atomic mass is 9.12. The van der Waals surface area contributed by atoms with Crippen molar-refractivity contribution in [3.8, 4) is 0 Å². The molecule has 5 rings (SSSR count). The van der Waals surface area contributed by atoms with Crippen molar-refractivity contribution in [1.82, 2.24) is 0 Å². The van der Waals surface area contributed by atoms with Crippen LogP contribution in [-0.2, 0) is 79.4 Å². The zero-order chi connectivity index (χ0) is 83.1. The maximum atomic E-state index is 14.2. The molecule has 0 aliphatic carbocycles. The molecule has 0 atom stereocenters. The van der Waals surface area contributed by atoms with Gasteiger partial charge in [-0.25, -0.2) is 9.59 Å². The Bertz CT molecular complexity index is 3140. The number of hydrogen-bond acceptors (Lipinski definition) is 4. The standard InChI is InChI=1S/C49H87O4S.C32H12BF24/c1-5-7-9-11-13-15-17-19-21-23-25-27-29-31-33-38-42-52-48(50)47(46(44-54(3)4)45-40-36-35-37-41-45)49(51)53-43-39-34-32-30-28-26-24-22-20-18-16-14-12-10-8-6-2;34-25(35,36)13-1-14(26(37,38)39)6-21(5-13)33(22-7-15(27(40,41)42)2-16(8-22)28(43,44)45,23-9-17(29(46,47)48)3-18(10-23)30(49,50)51)24-11-19(31(52,53)54)4-20(12-24)32(55,56)57/h35-37,40-41H,5-34,38-39,42-44H2,1-4H3;1-12H/q+1;-1. The molecule has 0 spiro atoms. The van der Waals surface area contributed by atoms with Gasteiger partial charge in [-0.2, -0.15) is 127 Å². The highest BCUT2D eigenvalue weighted by Crippen LogP contribution is 2.42. The highest BCUT2D eigenvalue weighted by atomic mass is 32.2. The van der Waals surface area contributed by atoms with E-state index in [2.05, 4.69) is 26.4 Å². The second kappa shape index (κ2) is 45.0. The Kier molecular flexibility index (Phi) is 39.3. The van der Waals surface area contributed by atoms with E-state index in [0.717, 1.165) is 36.8 Å². The monoisotopic (exact) mass is 1630 g/mol. The molecule has 4 nitrogen and oxygen atoms in total. The minimum absolute atomic E-state index is 0.00981. The first kappa shape index (κ1) is 96.9. The lowest BCUT2D eigenvalue weighted by Crippen LogP contribution is -2.75. The first-order chi connectivity index (χ1) is 51.8. The predicted octanol–water partition coefficient (Wildman–Crippen LogP) is 26.1. The summed E-state index contributed by atoms with van der Waals surface area (Å²) in [6.45, 7) is 5.26. The number of ether oxygens (including phenoxy) is 2. The van der Waals surface area contributed by atoms with Crippen molar-refractivity contribution in [3.63, 3.8) is 0 Å². The Hall–Kier alpha value is -6.49. The summed E-state index contributed by atoms with van der Waals surface area (Å²) in [4.78, 5) is 27.1. The van der Waals surface area contributed by atoms with E-state index in [1.165, 1.54) is 180 Å². The zero-order valence-corrected chi connectivity index (χ0v) is 63.6. The average Bonchev–Trinajstić information content (AvgIpc) is 0.707. The number of carbonyl (C=O) groups excluding carboxylic acids is 2. The van der Waals surface area contributed by atoms with E-state index < -0.39 is 207 Å². The van der Waals surface area contributed by atoms with Crippen LogP contribution in [0.2, 0.25) is 0 Å². The van der Waals surface area contributed by atoms with E-state index in [1.54, 1.807) is 0 Å². The fourth-order valence-corrected chi connectivity index (χ4v) is 14.3. The molecule has 5 aromatic carbocycles. The predicted molar refractivity (Wildman–Crippen MR) is 389 cm³/mol. The first-order valence-corrected chi connectivity index (χ1v) is 40.0. The summed E-state index contributed by atoms with van der Waals surface area (Å²) in [5, 5.41) is 0. The second-order valence-corrected chi connectivity index (χ2v) is 30.7. The number of benzene rings is 5. The molecular weight excluding hydrogens is 1540 g/mol. The molecule has 30 heteroatoms. The fraction of sp³-hybridized carbons (Fsp3) is 0.580. The van der Waals surface area contributed by atoms with Gasteiger partial charge >= 0.3 is 61.3 Å². The SMILES string of the molecule is CCCCCCCCCCCCCCCCCCOC(=O)C(C(=O)OCCCCCCCCCCCCCCCCCC)=C(C[S+](C)C)c1ccccc1.FC(F)(F)c1cc([B-](c2cc(C(F)(F)F)cc(C(F)(F)F)c2)(c2cc(C(F)(F)F)cc(C(F)(F)F)c2)c2cc(C(F)(F)F)cc(C(F)(F)F)c2)cc(C(F)(F)F)c1. The number of esters is 2. The van der Waals surface area contributed by atoms with Gasteiger partial charge in [-0.05, 0) is 53.6 Å². The van der Waals surface area contributed by atoms with Gasteiger partial charge in [0.1, 0.15) is 11.9 Å². The fourth-order valence-electron chi connectivity index (χ4n) is 13.4. The second-order valence-electron chi connectivity index (χ2n) is 28.5. The largest absolute Gasteiger partial charge is 0.462 e. The molecule has 624 valence electrons. The van der Waals surface area contributed by atoms with Crippen LogP contribution in [0.15, 0.2) is 109 Å². The number of halogens is 24. The van der Waals surface area contributed by atoms with E-state index in [4.69, 9.17) is 9.47 Å². The number of unbranched alkanes of at least 4 members (excludes halogenated alkanes) is 30. The van der Waals surface area contributed by atoms with Crippen LogP contribution in [0.1, 0.15) is 269 Å². The quantitative estimate of drug-likeness (QED) is 0.00570. The minimum atomic E-state index is -6.13. The third-order valence-corrected chi connectivity index (χ3v) is 20.0. The van der Waals surface area contributed by atoms with Crippen LogP contribution in [0.25, 0.3) is 5.57 Å². The van der Waals surface area contributed by atoms with Crippen LogP contribution in [0.5, 0.6) is 0 Å². The molecule has 0 radical (unpaired) electrons. The topological polar surface area (TPSA) is 52.6 Å². The molecule has 0 N–H and O–H groups in total. The Balaban J connectivity index is 0.000000469. The van der Waals surface area contributed by atoms with Crippen LogP contribution in [0.4, 0.5) is 105 Å². The van der Waals surface area contributed by atoms with Crippen LogP contribution >= 0.6 is 0 Å². The molecule has 111 heavy (non-hydrogen) atoms. The lowest BCUT2D eigenvalue weighted by molar-refractivity contribution is -0.148. The Labute approximate surface area is 637 Å². The number of hydrogen-bond donors (Lipinski definition) is 0. The van der Waals surface area contributed by atoms with E-state index in [1.807, 2.05) is 30.3 Å². The summed E-state index contributed by atoms with van der Waals surface area (Å²) in [5.41, 5.74) is -28.5. The summed E-state index contributed by atoms with van der Waals surface area (Å²) in [5.74, 6) is -0.420. The normalized spacial score (nSPS) is 12.8. The Morgan fingerprint density at radius 2 is 0.477 bits per heavy atom. The summed E-state index contributed by atoms with van der Waals surface area (Å²) in [6, 6.07) is 1.03.